The van der Waals surface area contributed by atoms with Crippen LogP contribution in [0.25, 0.3) is 0 Å². The Morgan fingerprint density at radius 3 is 2.53 bits per heavy atom. The number of nitrogens with two attached hydrogens (primary N) is 1. The summed E-state index contributed by atoms with van der Waals surface area (Å²) in [6.45, 7) is 8.12. The molecule has 0 amide bonds. The molecule has 4 heteroatoms. The Balaban J connectivity index is 2.68. The standard InChI is InChI=1S/C11H22N2O2/c1-11(2,3)13-6-5-9(12)8(7-13)10(14)15-4/h8-9H,5-7,12H2,1-4H3/t8-,9-/m1/s1. The van der Waals surface area contributed by atoms with Gasteiger partial charge in [0.2, 0.25) is 0 Å². The van der Waals surface area contributed by atoms with E-state index in [0.29, 0.717) is 6.54 Å². The van der Waals surface area contributed by atoms with Crippen molar-refractivity contribution in [2.24, 2.45) is 11.7 Å². The van der Waals surface area contributed by atoms with E-state index in [1.807, 2.05) is 0 Å². The van der Waals surface area contributed by atoms with Gasteiger partial charge in [-0.3, -0.25) is 9.69 Å². The number of carbonyl (C=O) groups is 1. The molecular formula is C11H22N2O2. The van der Waals surface area contributed by atoms with Crippen molar-refractivity contribution in [1.82, 2.24) is 4.90 Å². The number of likely N-dealkylation sites (tertiary alicyclic amines) is 1. The monoisotopic (exact) mass is 214 g/mol. The zero-order valence-corrected chi connectivity index (χ0v) is 10.1. The minimum atomic E-state index is -0.184. The van der Waals surface area contributed by atoms with Gasteiger partial charge in [-0.05, 0) is 27.2 Å². The van der Waals surface area contributed by atoms with Crippen LogP contribution in [0.4, 0.5) is 0 Å². The number of hydrogen-bond donors (Lipinski definition) is 1. The molecule has 2 atom stereocenters. The summed E-state index contributed by atoms with van der Waals surface area (Å²) in [5.41, 5.74) is 6.02. The van der Waals surface area contributed by atoms with Crippen molar-refractivity contribution in [3.05, 3.63) is 0 Å². The average molecular weight is 214 g/mol. The first kappa shape index (κ1) is 12.5. The minimum Gasteiger partial charge on any atom is -0.469 e. The molecule has 0 aromatic heterocycles. The van der Waals surface area contributed by atoms with Crippen molar-refractivity contribution in [3.63, 3.8) is 0 Å². The molecule has 1 fully saturated rings. The van der Waals surface area contributed by atoms with Gasteiger partial charge in [0.1, 0.15) is 0 Å². The highest BCUT2D eigenvalue weighted by Crippen LogP contribution is 2.23. The van der Waals surface area contributed by atoms with E-state index in [2.05, 4.69) is 25.7 Å². The third kappa shape index (κ3) is 2.92. The Labute approximate surface area is 91.8 Å². The fraction of sp³-hybridized carbons (Fsp3) is 0.909. The molecule has 1 heterocycles. The number of carbonyl (C=O) groups excluding carboxylic acids is 1. The van der Waals surface area contributed by atoms with Crippen molar-refractivity contribution in [2.45, 2.75) is 38.8 Å². The lowest BCUT2D eigenvalue weighted by Crippen LogP contribution is -2.55. The van der Waals surface area contributed by atoms with Gasteiger partial charge in [0.05, 0.1) is 13.0 Å². The van der Waals surface area contributed by atoms with Crippen molar-refractivity contribution < 1.29 is 9.53 Å². The summed E-state index contributed by atoms with van der Waals surface area (Å²) >= 11 is 0. The number of nitrogens with zero attached hydrogens (tertiary/aromatic N) is 1. The van der Waals surface area contributed by atoms with Crippen LogP contribution in [0.15, 0.2) is 0 Å². The Morgan fingerprint density at radius 1 is 1.47 bits per heavy atom. The molecule has 0 unspecified atom stereocenters. The highest BCUT2D eigenvalue weighted by molar-refractivity contribution is 5.73. The van der Waals surface area contributed by atoms with Crippen LogP contribution in [-0.4, -0.2) is 42.6 Å². The molecule has 0 saturated carbocycles. The van der Waals surface area contributed by atoms with Gasteiger partial charge in [-0.1, -0.05) is 0 Å². The normalized spacial score (nSPS) is 28.9. The molecule has 4 nitrogen and oxygen atoms in total. The van der Waals surface area contributed by atoms with Gasteiger partial charge in [-0.25, -0.2) is 0 Å². The zero-order chi connectivity index (χ0) is 11.6. The predicted molar refractivity (Wildman–Crippen MR) is 59.4 cm³/mol. The first-order valence-corrected chi connectivity index (χ1v) is 5.44. The van der Waals surface area contributed by atoms with Crippen molar-refractivity contribution in [2.75, 3.05) is 20.2 Å². The lowest BCUT2D eigenvalue weighted by Gasteiger charge is -2.42. The second-order valence-electron chi connectivity index (χ2n) is 5.20. The second-order valence-corrected chi connectivity index (χ2v) is 5.20. The lowest BCUT2D eigenvalue weighted by molar-refractivity contribution is -0.148. The summed E-state index contributed by atoms with van der Waals surface area (Å²) in [6.07, 6.45) is 0.858. The minimum absolute atomic E-state index is 0.0592. The molecule has 0 bridgehead atoms. The number of methoxy groups -OCH3 is 1. The van der Waals surface area contributed by atoms with Crippen molar-refractivity contribution in [3.8, 4) is 0 Å². The average Bonchev–Trinajstić information content (AvgIpc) is 2.15. The van der Waals surface area contributed by atoms with E-state index >= 15 is 0 Å². The topological polar surface area (TPSA) is 55.6 Å². The molecule has 1 aliphatic rings. The second kappa shape index (κ2) is 4.49. The Morgan fingerprint density at radius 2 is 2.07 bits per heavy atom. The van der Waals surface area contributed by atoms with Gasteiger partial charge >= 0.3 is 5.97 Å². The molecule has 0 radical (unpaired) electrons. The Kier molecular flexibility index (Phi) is 3.73. The van der Waals surface area contributed by atoms with Gasteiger partial charge in [0, 0.05) is 24.7 Å². The number of piperidine rings is 1. The fourth-order valence-corrected chi connectivity index (χ4v) is 1.98. The van der Waals surface area contributed by atoms with E-state index in [1.165, 1.54) is 7.11 Å². The van der Waals surface area contributed by atoms with E-state index in [-0.39, 0.29) is 23.5 Å². The number of ether oxygens (including phenoxy) is 1. The van der Waals surface area contributed by atoms with E-state index in [0.717, 1.165) is 13.0 Å². The van der Waals surface area contributed by atoms with Crippen LogP contribution in [0.2, 0.25) is 0 Å². The molecule has 1 saturated heterocycles. The smallest absolute Gasteiger partial charge is 0.311 e. The van der Waals surface area contributed by atoms with Crippen LogP contribution in [0, 0.1) is 5.92 Å². The molecule has 0 aromatic carbocycles. The molecule has 0 aliphatic carbocycles. The molecule has 0 spiro atoms. The maximum atomic E-state index is 11.5. The summed E-state index contributed by atoms with van der Waals surface area (Å²) in [4.78, 5) is 13.8. The van der Waals surface area contributed by atoms with Gasteiger partial charge in [0.25, 0.3) is 0 Å². The maximum Gasteiger partial charge on any atom is 0.311 e. The molecule has 1 rings (SSSR count). The molecule has 0 aromatic rings. The Bertz CT molecular complexity index is 235. The van der Waals surface area contributed by atoms with E-state index in [9.17, 15) is 4.79 Å². The number of esters is 1. The maximum absolute atomic E-state index is 11.5. The van der Waals surface area contributed by atoms with Gasteiger partial charge in [0.15, 0.2) is 0 Å². The zero-order valence-electron chi connectivity index (χ0n) is 10.1. The highest BCUT2D eigenvalue weighted by Gasteiger charge is 2.36. The van der Waals surface area contributed by atoms with Crippen LogP contribution >= 0.6 is 0 Å². The molecular weight excluding hydrogens is 192 g/mol. The molecule has 15 heavy (non-hydrogen) atoms. The summed E-state index contributed by atoms with van der Waals surface area (Å²) < 4.78 is 4.78. The third-order valence-electron chi connectivity index (χ3n) is 3.12. The van der Waals surface area contributed by atoms with Gasteiger partial charge in [-0.2, -0.15) is 0 Å². The quantitative estimate of drug-likeness (QED) is 0.650. The van der Waals surface area contributed by atoms with Crippen molar-refractivity contribution in [1.29, 1.82) is 0 Å². The van der Waals surface area contributed by atoms with E-state index in [4.69, 9.17) is 10.5 Å². The van der Waals surface area contributed by atoms with Crippen LogP contribution < -0.4 is 5.73 Å². The molecule has 88 valence electrons. The first-order valence-electron chi connectivity index (χ1n) is 5.44. The predicted octanol–water partition coefficient (Wildman–Crippen LogP) is 0.607. The summed E-state index contributed by atoms with van der Waals surface area (Å²) in [6, 6.07) is -0.0592. The fourth-order valence-electron chi connectivity index (χ4n) is 1.98. The van der Waals surface area contributed by atoms with E-state index in [1.54, 1.807) is 0 Å². The van der Waals surface area contributed by atoms with Crippen LogP contribution in [-0.2, 0) is 9.53 Å². The number of rotatable bonds is 1. The largest absolute Gasteiger partial charge is 0.469 e. The van der Waals surface area contributed by atoms with Crippen molar-refractivity contribution >= 4 is 5.97 Å². The highest BCUT2D eigenvalue weighted by atomic mass is 16.5. The van der Waals surface area contributed by atoms with Crippen LogP contribution in [0.5, 0.6) is 0 Å². The summed E-state index contributed by atoms with van der Waals surface area (Å²) in [5, 5.41) is 0. The number of hydrogen-bond acceptors (Lipinski definition) is 4. The van der Waals surface area contributed by atoms with Gasteiger partial charge < -0.3 is 10.5 Å². The van der Waals surface area contributed by atoms with Crippen LogP contribution in [0.3, 0.4) is 0 Å². The lowest BCUT2D eigenvalue weighted by atomic mass is 9.89. The van der Waals surface area contributed by atoms with Gasteiger partial charge in [-0.15, -0.1) is 0 Å². The molecule has 1 aliphatic heterocycles. The molecule has 2 N–H and O–H groups in total. The van der Waals surface area contributed by atoms with Crippen LogP contribution in [0.1, 0.15) is 27.2 Å². The third-order valence-corrected chi connectivity index (χ3v) is 3.12. The van der Waals surface area contributed by atoms with E-state index < -0.39 is 0 Å². The SMILES string of the molecule is COC(=O)[C@@H]1CN(C(C)(C)C)CC[C@H]1N. The summed E-state index contributed by atoms with van der Waals surface area (Å²) in [7, 11) is 1.42. The summed E-state index contributed by atoms with van der Waals surface area (Å²) in [5.74, 6) is -0.362. The first-order chi connectivity index (χ1) is 6.86. The Hall–Kier alpha value is -0.610.